The van der Waals surface area contributed by atoms with Gasteiger partial charge in [-0.2, -0.15) is 18.3 Å². The number of aliphatic carboxylic acids is 1. The zero-order valence-electron chi connectivity index (χ0n) is 9.58. The molecule has 96 valence electrons. The van der Waals surface area contributed by atoms with Gasteiger partial charge in [-0.05, 0) is 5.41 Å². The number of hydrogen-bond acceptors (Lipinski definition) is 3. The number of alkyl halides is 3. The Kier molecular flexibility index (Phi) is 3.22. The number of carbonyl (C=O) groups excluding carboxylic acids is 1. The summed E-state index contributed by atoms with van der Waals surface area (Å²) < 4.78 is 37.8. The van der Waals surface area contributed by atoms with E-state index in [1.54, 1.807) is 20.8 Å². The second kappa shape index (κ2) is 4.05. The number of carboxylic acids is 1. The maximum Gasteiger partial charge on any atom is 0.419 e. The third-order valence-electron chi connectivity index (χ3n) is 2.24. The first-order chi connectivity index (χ1) is 7.53. The van der Waals surface area contributed by atoms with Crippen LogP contribution in [0.15, 0.2) is 12.4 Å². The van der Waals surface area contributed by atoms with Gasteiger partial charge in [0.2, 0.25) is 0 Å². The maximum atomic E-state index is 12.3. The van der Waals surface area contributed by atoms with Crippen LogP contribution in [-0.4, -0.2) is 15.7 Å². The molecule has 1 unspecified atom stereocenters. The summed E-state index contributed by atoms with van der Waals surface area (Å²) in [7, 11) is 0. The second-order valence-corrected chi connectivity index (χ2v) is 4.79. The number of nitrogens with zero attached hydrogens (tertiary/aromatic N) is 2. The van der Waals surface area contributed by atoms with E-state index in [0.717, 1.165) is 4.68 Å². The summed E-state index contributed by atoms with van der Waals surface area (Å²) in [6, 6.07) is -1.25. The van der Waals surface area contributed by atoms with Gasteiger partial charge in [0.25, 0.3) is 0 Å². The quantitative estimate of drug-likeness (QED) is 0.792. The summed E-state index contributed by atoms with van der Waals surface area (Å²) in [5.74, 6) is -1.46. The Labute approximate surface area is 96.0 Å². The van der Waals surface area contributed by atoms with Crippen LogP contribution in [0.5, 0.6) is 0 Å². The van der Waals surface area contributed by atoms with E-state index in [-0.39, 0.29) is 0 Å². The molecule has 0 aliphatic carbocycles. The van der Waals surface area contributed by atoms with Crippen LogP contribution < -0.4 is 5.11 Å². The number of carbonyl (C=O) groups is 1. The molecule has 0 fully saturated rings. The van der Waals surface area contributed by atoms with Crippen LogP contribution in [0, 0.1) is 5.41 Å². The van der Waals surface area contributed by atoms with E-state index in [2.05, 4.69) is 5.10 Å². The first-order valence-electron chi connectivity index (χ1n) is 4.85. The predicted molar refractivity (Wildman–Crippen MR) is 50.7 cm³/mol. The minimum absolute atomic E-state index is 0.599. The monoisotopic (exact) mass is 249 g/mol. The average molecular weight is 249 g/mol. The Morgan fingerprint density at radius 1 is 1.41 bits per heavy atom. The van der Waals surface area contributed by atoms with Crippen LogP contribution in [0.1, 0.15) is 32.4 Å². The van der Waals surface area contributed by atoms with Gasteiger partial charge in [0.15, 0.2) is 0 Å². The SMILES string of the molecule is CC(C)(C)C(C(=O)[O-])n1cc(C(F)(F)F)cn1. The Hall–Kier alpha value is -1.53. The van der Waals surface area contributed by atoms with Crippen LogP contribution in [0.4, 0.5) is 13.2 Å². The lowest BCUT2D eigenvalue weighted by Crippen LogP contribution is -2.41. The molecule has 1 aromatic heterocycles. The minimum Gasteiger partial charge on any atom is -0.548 e. The molecule has 0 amide bonds. The van der Waals surface area contributed by atoms with Gasteiger partial charge in [-0.1, -0.05) is 20.8 Å². The molecule has 0 saturated heterocycles. The van der Waals surface area contributed by atoms with Crippen molar-refractivity contribution < 1.29 is 23.1 Å². The van der Waals surface area contributed by atoms with E-state index in [1.807, 2.05) is 0 Å². The van der Waals surface area contributed by atoms with Crippen molar-refractivity contribution in [1.29, 1.82) is 0 Å². The highest BCUT2D eigenvalue weighted by Gasteiger charge is 2.35. The molecule has 0 aliphatic rings. The molecule has 4 nitrogen and oxygen atoms in total. The zero-order chi connectivity index (χ0) is 13.4. The lowest BCUT2D eigenvalue weighted by Gasteiger charge is -2.31. The Morgan fingerprint density at radius 2 is 1.94 bits per heavy atom. The molecule has 0 bridgehead atoms. The van der Waals surface area contributed by atoms with E-state index in [1.165, 1.54) is 0 Å². The lowest BCUT2D eigenvalue weighted by atomic mass is 9.87. The van der Waals surface area contributed by atoms with Crippen molar-refractivity contribution in [3.05, 3.63) is 18.0 Å². The fourth-order valence-electron chi connectivity index (χ4n) is 1.48. The standard InChI is InChI=1S/C10H13F3N2O2/c1-9(2,3)7(8(16)17)15-5-6(4-14-15)10(11,12)13/h4-5,7H,1-3H3,(H,16,17)/p-1. The summed E-state index contributed by atoms with van der Waals surface area (Å²) >= 11 is 0. The molecule has 7 heteroatoms. The van der Waals surface area contributed by atoms with Crippen molar-refractivity contribution in [2.24, 2.45) is 5.41 Å². The Balaban J connectivity index is 3.14. The molecule has 0 radical (unpaired) electrons. The lowest BCUT2D eigenvalue weighted by molar-refractivity contribution is -0.313. The summed E-state index contributed by atoms with van der Waals surface area (Å²) in [5, 5.41) is 14.4. The van der Waals surface area contributed by atoms with E-state index >= 15 is 0 Å². The van der Waals surface area contributed by atoms with Gasteiger partial charge < -0.3 is 9.90 Å². The first kappa shape index (κ1) is 13.5. The minimum atomic E-state index is -4.54. The van der Waals surface area contributed by atoms with Crippen molar-refractivity contribution >= 4 is 5.97 Å². The molecule has 0 saturated carbocycles. The Morgan fingerprint density at radius 3 is 2.24 bits per heavy atom. The number of carboxylic acid groups (broad SMARTS) is 1. The number of aromatic nitrogens is 2. The molecule has 0 aromatic carbocycles. The van der Waals surface area contributed by atoms with Crippen LogP contribution in [0.25, 0.3) is 0 Å². The van der Waals surface area contributed by atoms with Crippen molar-refractivity contribution in [3.63, 3.8) is 0 Å². The molecule has 0 N–H and O–H groups in total. The van der Waals surface area contributed by atoms with Crippen LogP contribution in [0.2, 0.25) is 0 Å². The topological polar surface area (TPSA) is 57.9 Å². The van der Waals surface area contributed by atoms with Crippen molar-refractivity contribution in [1.82, 2.24) is 9.78 Å². The molecule has 1 rings (SSSR count). The molecular formula is C10H12F3N2O2-. The average Bonchev–Trinajstić information content (AvgIpc) is 2.47. The highest BCUT2D eigenvalue weighted by Crippen LogP contribution is 2.33. The van der Waals surface area contributed by atoms with Crippen molar-refractivity contribution in [3.8, 4) is 0 Å². The molecule has 1 heterocycles. The van der Waals surface area contributed by atoms with E-state index < -0.39 is 29.2 Å². The van der Waals surface area contributed by atoms with Gasteiger partial charge in [0.05, 0.1) is 23.8 Å². The number of rotatable bonds is 2. The molecule has 1 aromatic rings. The van der Waals surface area contributed by atoms with E-state index in [4.69, 9.17) is 0 Å². The summed E-state index contributed by atoms with van der Waals surface area (Å²) in [6.45, 7) is 4.76. The summed E-state index contributed by atoms with van der Waals surface area (Å²) in [4.78, 5) is 11.0. The van der Waals surface area contributed by atoms with Crippen molar-refractivity contribution in [2.75, 3.05) is 0 Å². The fraction of sp³-hybridized carbons (Fsp3) is 0.600. The van der Waals surface area contributed by atoms with Gasteiger partial charge in [-0.3, -0.25) is 4.68 Å². The molecule has 0 aliphatic heterocycles. The van der Waals surface area contributed by atoms with Gasteiger partial charge >= 0.3 is 6.18 Å². The third-order valence-corrected chi connectivity index (χ3v) is 2.24. The molecule has 17 heavy (non-hydrogen) atoms. The van der Waals surface area contributed by atoms with Crippen LogP contribution in [0.3, 0.4) is 0 Å². The third kappa shape index (κ3) is 2.98. The molecular weight excluding hydrogens is 237 g/mol. The van der Waals surface area contributed by atoms with Crippen LogP contribution >= 0.6 is 0 Å². The van der Waals surface area contributed by atoms with Gasteiger partial charge in [-0.15, -0.1) is 0 Å². The molecule has 1 atom stereocenters. The predicted octanol–water partition coefficient (Wildman–Crippen LogP) is 1.24. The number of hydrogen-bond donors (Lipinski definition) is 0. The van der Waals surface area contributed by atoms with Crippen molar-refractivity contribution in [2.45, 2.75) is 33.0 Å². The van der Waals surface area contributed by atoms with Crippen LogP contribution in [-0.2, 0) is 11.0 Å². The summed E-state index contributed by atoms with van der Waals surface area (Å²) in [6.07, 6.45) is -3.26. The largest absolute Gasteiger partial charge is 0.548 e. The summed E-state index contributed by atoms with van der Waals surface area (Å²) in [5.41, 5.74) is -1.78. The number of halogens is 3. The smallest absolute Gasteiger partial charge is 0.419 e. The van der Waals surface area contributed by atoms with E-state index in [0.29, 0.717) is 12.4 Å². The normalized spacial score (nSPS) is 14.7. The Bertz CT molecular complexity index is 418. The first-order valence-corrected chi connectivity index (χ1v) is 4.85. The highest BCUT2D eigenvalue weighted by atomic mass is 19.4. The van der Waals surface area contributed by atoms with Gasteiger partial charge in [0, 0.05) is 6.20 Å². The van der Waals surface area contributed by atoms with Gasteiger partial charge in [0.1, 0.15) is 0 Å². The fourth-order valence-corrected chi connectivity index (χ4v) is 1.48. The van der Waals surface area contributed by atoms with Gasteiger partial charge in [-0.25, -0.2) is 0 Å². The zero-order valence-corrected chi connectivity index (χ0v) is 9.58. The molecule has 0 spiro atoms. The second-order valence-electron chi connectivity index (χ2n) is 4.79. The maximum absolute atomic E-state index is 12.3. The highest BCUT2D eigenvalue weighted by molar-refractivity contribution is 5.70. The van der Waals surface area contributed by atoms with E-state index in [9.17, 15) is 23.1 Å².